The van der Waals surface area contributed by atoms with Crippen LogP contribution in [0.5, 0.6) is 0 Å². The normalized spacial score (nSPS) is 11.2. The summed E-state index contributed by atoms with van der Waals surface area (Å²) in [7, 11) is 1.56. The summed E-state index contributed by atoms with van der Waals surface area (Å²) in [6.45, 7) is 2.22. The Bertz CT molecular complexity index is 544. The third kappa shape index (κ3) is 4.28. The highest BCUT2D eigenvalue weighted by atomic mass is 16.6. The number of rotatable bonds is 7. The minimum absolute atomic E-state index is 0.0948. The van der Waals surface area contributed by atoms with E-state index in [1.165, 1.54) is 12.1 Å². The van der Waals surface area contributed by atoms with Gasteiger partial charge < -0.3 is 4.74 Å². The van der Waals surface area contributed by atoms with Gasteiger partial charge in [0.05, 0.1) is 22.5 Å². The highest BCUT2D eigenvalue weighted by Crippen LogP contribution is 2.28. The van der Waals surface area contributed by atoms with Gasteiger partial charge in [0.15, 0.2) is 0 Å². The molecule has 9 nitrogen and oxygen atoms in total. The van der Waals surface area contributed by atoms with Gasteiger partial charge in [-0.15, -0.1) is 0 Å². The molecule has 9 heteroatoms. The van der Waals surface area contributed by atoms with E-state index in [0.717, 1.165) is 6.07 Å². The number of nitrogens with one attached hydrogen (secondary N) is 1. The SMILES string of the molecule is COCCC(C)=NNc1ccc([N+](=O)[O-])cc1[N+](=O)[O-]. The van der Waals surface area contributed by atoms with E-state index in [4.69, 9.17) is 4.74 Å². The first kappa shape index (κ1) is 15.5. The maximum atomic E-state index is 10.9. The number of non-ortho nitro benzene ring substituents is 1. The van der Waals surface area contributed by atoms with Crippen molar-refractivity contribution >= 4 is 22.8 Å². The van der Waals surface area contributed by atoms with Crippen molar-refractivity contribution in [1.82, 2.24) is 0 Å². The lowest BCUT2D eigenvalue weighted by atomic mass is 10.2. The number of anilines is 1. The minimum atomic E-state index is -0.699. The van der Waals surface area contributed by atoms with Gasteiger partial charge in [-0.1, -0.05) is 0 Å². The van der Waals surface area contributed by atoms with E-state index < -0.39 is 15.5 Å². The summed E-state index contributed by atoms with van der Waals surface area (Å²) < 4.78 is 4.88. The molecule has 1 rings (SSSR count). The Balaban J connectivity index is 2.95. The first-order valence-corrected chi connectivity index (χ1v) is 5.66. The number of nitrogens with zero attached hydrogens (tertiary/aromatic N) is 3. The van der Waals surface area contributed by atoms with Crippen LogP contribution in [0.3, 0.4) is 0 Å². The zero-order valence-electron chi connectivity index (χ0n) is 11.0. The molecule has 0 fully saturated rings. The molecule has 108 valence electrons. The average molecular weight is 282 g/mol. The number of benzene rings is 1. The Labute approximate surface area is 114 Å². The third-order valence-electron chi connectivity index (χ3n) is 2.42. The van der Waals surface area contributed by atoms with Crippen molar-refractivity contribution < 1.29 is 14.6 Å². The van der Waals surface area contributed by atoms with Crippen molar-refractivity contribution in [2.45, 2.75) is 13.3 Å². The van der Waals surface area contributed by atoms with E-state index in [1.54, 1.807) is 14.0 Å². The maximum Gasteiger partial charge on any atom is 0.301 e. The molecule has 1 N–H and O–H groups in total. The number of methoxy groups -OCH3 is 1. The summed E-state index contributed by atoms with van der Waals surface area (Å²) >= 11 is 0. The van der Waals surface area contributed by atoms with Gasteiger partial charge in [0, 0.05) is 25.3 Å². The lowest BCUT2D eigenvalue weighted by Crippen LogP contribution is -2.03. The first-order valence-electron chi connectivity index (χ1n) is 5.66. The predicted molar refractivity (Wildman–Crippen MR) is 73.0 cm³/mol. The van der Waals surface area contributed by atoms with Crippen molar-refractivity contribution in [2.75, 3.05) is 19.1 Å². The quantitative estimate of drug-likeness (QED) is 0.465. The Morgan fingerprint density at radius 2 is 2.05 bits per heavy atom. The molecule has 0 amide bonds. The monoisotopic (exact) mass is 282 g/mol. The summed E-state index contributed by atoms with van der Waals surface area (Å²) in [5.74, 6) is 0. The van der Waals surface area contributed by atoms with Crippen molar-refractivity contribution in [2.24, 2.45) is 5.10 Å². The van der Waals surface area contributed by atoms with Crippen molar-refractivity contribution in [1.29, 1.82) is 0 Å². The molecule has 0 radical (unpaired) electrons. The number of nitro groups is 2. The Morgan fingerprint density at radius 1 is 1.35 bits per heavy atom. The standard InChI is InChI=1S/C11H14N4O5/c1-8(5-6-20-2)12-13-10-4-3-9(14(16)17)7-11(10)15(18)19/h3-4,7,13H,5-6H2,1-2H3. The van der Waals surface area contributed by atoms with Crippen LogP contribution >= 0.6 is 0 Å². The smallest absolute Gasteiger partial charge is 0.301 e. The van der Waals surface area contributed by atoms with E-state index in [1.807, 2.05) is 0 Å². The zero-order chi connectivity index (χ0) is 15.1. The second-order valence-electron chi connectivity index (χ2n) is 3.92. The highest BCUT2D eigenvalue weighted by Gasteiger charge is 2.19. The number of hydrogen-bond donors (Lipinski definition) is 1. The summed E-state index contributed by atoms with van der Waals surface area (Å²) in [6.07, 6.45) is 0.574. The predicted octanol–water partition coefficient (Wildman–Crippen LogP) is 2.33. The average Bonchev–Trinajstić information content (AvgIpc) is 2.42. The highest BCUT2D eigenvalue weighted by molar-refractivity contribution is 5.83. The van der Waals surface area contributed by atoms with Crippen LogP contribution in [0.4, 0.5) is 17.1 Å². The van der Waals surface area contributed by atoms with E-state index in [0.29, 0.717) is 18.7 Å². The molecule has 1 aromatic rings. The lowest BCUT2D eigenvalue weighted by Gasteiger charge is -2.04. The van der Waals surface area contributed by atoms with Crippen LogP contribution < -0.4 is 5.43 Å². The number of hydrazone groups is 1. The number of hydrogen-bond acceptors (Lipinski definition) is 7. The summed E-state index contributed by atoms with van der Waals surface area (Å²) in [4.78, 5) is 20.1. The van der Waals surface area contributed by atoms with Crippen molar-refractivity contribution in [3.8, 4) is 0 Å². The molecule has 0 aromatic heterocycles. The molecular weight excluding hydrogens is 268 g/mol. The van der Waals surface area contributed by atoms with Gasteiger partial charge >= 0.3 is 5.69 Å². The molecule has 0 aliphatic heterocycles. The van der Waals surface area contributed by atoms with Crippen molar-refractivity contribution in [3.05, 3.63) is 38.4 Å². The zero-order valence-corrected chi connectivity index (χ0v) is 11.0. The van der Waals surface area contributed by atoms with Crippen LogP contribution in [-0.4, -0.2) is 29.3 Å². The summed E-state index contributed by atoms with van der Waals surface area (Å²) in [5.41, 5.74) is 2.58. The van der Waals surface area contributed by atoms with Crippen molar-refractivity contribution in [3.63, 3.8) is 0 Å². The van der Waals surface area contributed by atoms with Crippen LogP contribution in [0.1, 0.15) is 13.3 Å². The molecule has 0 aliphatic carbocycles. The van der Waals surface area contributed by atoms with Crippen LogP contribution in [0.2, 0.25) is 0 Å². The lowest BCUT2D eigenvalue weighted by molar-refractivity contribution is -0.393. The molecule has 0 saturated carbocycles. The number of ether oxygens (including phenoxy) is 1. The van der Waals surface area contributed by atoms with Gasteiger partial charge in [-0.2, -0.15) is 5.10 Å². The fraction of sp³-hybridized carbons (Fsp3) is 0.364. The fourth-order valence-electron chi connectivity index (χ4n) is 1.34. The second kappa shape index (κ2) is 7.14. The number of nitro benzene ring substituents is 2. The van der Waals surface area contributed by atoms with Crippen LogP contribution in [-0.2, 0) is 4.74 Å². The van der Waals surface area contributed by atoms with Gasteiger partial charge in [0.2, 0.25) is 0 Å². The Morgan fingerprint density at radius 3 is 2.60 bits per heavy atom. The van der Waals surface area contributed by atoms with Gasteiger partial charge in [-0.3, -0.25) is 25.7 Å². The first-order chi connectivity index (χ1) is 9.45. The van der Waals surface area contributed by atoms with Gasteiger partial charge in [-0.05, 0) is 13.0 Å². The van der Waals surface area contributed by atoms with E-state index >= 15 is 0 Å². The Hall–Kier alpha value is -2.55. The molecular formula is C11H14N4O5. The van der Waals surface area contributed by atoms with Crippen LogP contribution in [0.15, 0.2) is 23.3 Å². The molecule has 0 spiro atoms. The molecule has 0 saturated heterocycles. The summed E-state index contributed by atoms with van der Waals surface area (Å²) in [6, 6.07) is 3.32. The maximum absolute atomic E-state index is 10.9. The molecule has 0 bridgehead atoms. The topological polar surface area (TPSA) is 120 Å². The van der Waals surface area contributed by atoms with Crippen LogP contribution in [0, 0.1) is 20.2 Å². The largest absolute Gasteiger partial charge is 0.384 e. The van der Waals surface area contributed by atoms with Gasteiger partial charge in [-0.25, -0.2) is 0 Å². The van der Waals surface area contributed by atoms with Gasteiger partial charge in [0.1, 0.15) is 5.69 Å². The van der Waals surface area contributed by atoms with E-state index in [-0.39, 0.29) is 11.4 Å². The third-order valence-corrected chi connectivity index (χ3v) is 2.42. The molecule has 0 unspecified atom stereocenters. The van der Waals surface area contributed by atoms with Crippen LogP contribution in [0.25, 0.3) is 0 Å². The minimum Gasteiger partial charge on any atom is -0.384 e. The summed E-state index contributed by atoms with van der Waals surface area (Å²) in [5, 5.41) is 25.4. The molecule has 0 aliphatic rings. The van der Waals surface area contributed by atoms with E-state index in [2.05, 4.69) is 10.5 Å². The second-order valence-corrected chi connectivity index (χ2v) is 3.92. The molecule has 1 aromatic carbocycles. The fourth-order valence-corrected chi connectivity index (χ4v) is 1.34. The Kier molecular flexibility index (Phi) is 5.54. The molecule has 0 heterocycles. The molecule has 0 atom stereocenters. The van der Waals surface area contributed by atoms with E-state index in [9.17, 15) is 20.2 Å². The van der Waals surface area contributed by atoms with Gasteiger partial charge in [0.25, 0.3) is 5.69 Å². The molecule has 20 heavy (non-hydrogen) atoms.